The molecule has 13 nitrogen and oxygen atoms in total. The maximum absolute atomic E-state index is 14.9. The summed E-state index contributed by atoms with van der Waals surface area (Å²) in [5.41, 5.74) is 6.85. The van der Waals surface area contributed by atoms with Crippen LogP contribution in [0.15, 0.2) is 42.5 Å². The molecule has 2 aromatic carbocycles. The van der Waals surface area contributed by atoms with Crippen LogP contribution in [-0.4, -0.2) is 95.5 Å². The number of hydrogen-bond donors (Lipinski definition) is 6. The number of nitrogens with two attached hydrogens (primary N) is 1. The summed E-state index contributed by atoms with van der Waals surface area (Å²) in [6, 6.07) is 7.73. The molecule has 1 unspecified atom stereocenters. The topological polar surface area (TPSA) is 187 Å². The van der Waals surface area contributed by atoms with Crippen LogP contribution in [0.4, 0.5) is 14.9 Å². The molecule has 0 radical (unpaired) electrons. The number of aliphatic hydroxyl groups excluding tert-OH is 1. The van der Waals surface area contributed by atoms with Gasteiger partial charge in [-0.05, 0) is 55.0 Å². The van der Waals surface area contributed by atoms with Gasteiger partial charge in [0, 0.05) is 45.5 Å². The first-order valence-corrected chi connectivity index (χ1v) is 14.5. The molecular formula is C30H39FN6O7. The highest BCUT2D eigenvalue weighted by molar-refractivity contribution is 5.95. The number of halogens is 1. The lowest BCUT2D eigenvalue weighted by Gasteiger charge is -2.37. The Morgan fingerprint density at radius 1 is 1.16 bits per heavy atom. The molecule has 1 fully saturated rings. The number of carboxylic acid groups (broad SMARTS) is 1. The molecule has 0 aromatic heterocycles. The predicted octanol–water partition coefficient (Wildman–Crippen LogP) is 1.24. The quantitative estimate of drug-likeness (QED) is 0.203. The third-order valence-corrected chi connectivity index (χ3v) is 8.16. The first-order valence-electron chi connectivity index (χ1n) is 14.5. The summed E-state index contributed by atoms with van der Waals surface area (Å²) < 4.78 is 20.4. The van der Waals surface area contributed by atoms with Gasteiger partial charge in [-0.3, -0.25) is 19.3 Å². The summed E-state index contributed by atoms with van der Waals surface area (Å²) >= 11 is 0. The Labute approximate surface area is 254 Å². The molecular weight excluding hydrogens is 575 g/mol. The van der Waals surface area contributed by atoms with Crippen molar-refractivity contribution in [1.29, 1.82) is 0 Å². The number of ether oxygens (including phenoxy) is 1. The average Bonchev–Trinajstić information content (AvgIpc) is 3.42. The maximum atomic E-state index is 14.9. The van der Waals surface area contributed by atoms with Crippen LogP contribution in [0.25, 0.3) is 0 Å². The number of nitrogens with one attached hydrogen (secondary N) is 3. The second-order valence-corrected chi connectivity index (χ2v) is 10.9. The van der Waals surface area contributed by atoms with E-state index in [1.54, 1.807) is 18.2 Å². The SMILES string of the molecule is C[C@@H](C(=O)N[C@H](C(=O)N1Cc2ccccc2[C@H]1C(O)Nc1cc(C(=O)NCCN)ccc1F)C1CCOCC1)N(C)C(=O)O. The first kappa shape index (κ1) is 32.6. The highest BCUT2D eigenvalue weighted by atomic mass is 19.1. The average molecular weight is 615 g/mol. The molecule has 2 aliphatic rings. The molecule has 7 N–H and O–H groups in total. The van der Waals surface area contributed by atoms with E-state index >= 15 is 0 Å². The largest absolute Gasteiger partial charge is 0.465 e. The first-order chi connectivity index (χ1) is 21.0. The Kier molecular flexibility index (Phi) is 10.7. The Balaban J connectivity index is 1.63. The van der Waals surface area contributed by atoms with Crippen LogP contribution in [0.2, 0.25) is 0 Å². The minimum Gasteiger partial charge on any atom is -0.465 e. The highest BCUT2D eigenvalue weighted by Crippen LogP contribution is 2.38. The van der Waals surface area contributed by atoms with Crippen molar-refractivity contribution in [2.24, 2.45) is 11.7 Å². The van der Waals surface area contributed by atoms with Gasteiger partial charge in [-0.25, -0.2) is 9.18 Å². The van der Waals surface area contributed by atoms with Crippen LogP contribution in [0.1, 0.15) is 47.3 Å². The lowest BCUT2D eigenvalue weighted by Crippen LogP contribution is -2.57. The number of carbonyl (C=O) groups excluding carboxylic acids is 3. The van der Waals surface area contributed by atoms with Crippen LogP contribution in [-0.2, 0) is 20.9 Å². The fraction of sp³-hybridized carbons (Fsp3) is 0.467. The zero-order chi connectivity index (χ0) is 32.0. The van der Waals surface area contributed by atoms with E-state index in [2.05, 4.69) is 16.0 Å². The van der Waals surface area contributed by atoms with Gasteiger partial charge < -0.3 is 41.5 Å². The van der Waals surface area contributed by atoms with E-state index in [4.69, 9.17) is 10.5 Å². The van der Waals surface area contributed by atoms with Crippen molar-refractivity contribution in [2.75, 3.05) is 38.7 Å². The van der Waals surface area contributed by atoms with E-state index in [0.717, 1.165) is 16.5 Å². The van der Waals surface area contributed by atoms with Crippen molar-refractivity contribution < 1.29 is 38.5 Å². The van der Waals surface area contributed by atoms with Crippen LogP contribution >= 0.6 is 0 Å². The number of anilines is 1. The lowest BCUT2D eigenvalue weighted by molar-refractivity contribution is -0.143. The Morgan fingerprint density at radius 2 is 1.86 bits per heavy atom. The maximum Gasteiger partial charge on any atom is 0.407 e. The number of likely N-dealkylation sites (N-methyl/N-ethyl adjacent to an activating group) is 1. The second kappa shape index (κ2) is 14.5. The van der Waals surface area contributed by atoms with Crippen LogP contribution in [0, 0.1) is 11.7 Å². The van der Waals surface area contributed by atoms with Gasteiger partial charge in [-0.15, -0.1) is 0 Å². The van der Waals surface area contributed by atoms with Gasteiger partial charge in [-0.1, -0.05) is 24.3 Å². The summed E-state index contributed by atoms with van der Waals surface area (Å²) in [5.74, 6) is -2.61. The third-order valence-electron chi connectivity index (χ3n) is 8.16. The minimum absolute atomic E-state index is 0.114. The molecule has 4 rings (SSSR count). The molecule has 0 spiro atoms. The second-order valence-electron chi connectivity index (χ2n) is 10.9. The van der Waals surface area contributed by atoms with Crippen molar-refractivity contribution in [3.05, 3.63) is 65.0 Å². The number of hydrogen-bond acceptors (Lipinski definition) is 8. The minimum atomic E-state index is -1.51. The number of aliphatic hydroxyl groups is 1. The zero-order valence-electron chi connectivity index (χ0n) is 24.7. The molecule has 2 aromatic rings. The number of amides is 4. The Hall–Kier alpha value is -4.27. The van der Waals surface area contributed by atoms with Crippen molar-refractivity contribution in [3.63, 3.8) is 0 Å². The van der Waals surface area contributed by atoms with Crippen molar-refractivity contribution >= 4 is 29.5 Å². The molecule has 1 saturated heterocycles. The fourth-order valence-corrected chi connectivity index (χ4v) is 5.50. The third kappa shape index (κ3) is 7.26. The van der Waals surface area contributed by atoms with E-state index in [1.807, 2.05) is 6.07 Å². The van der Waals surface area contributed by atoms with E-state index in [9.17, 15) is 33.8 Å². The summed E-state index contributed by atoms with van der Waals surface area (Å²) in [6.07, 6.45) is -1.84. The molecule has 14 heteroatoms. The monoisotopic (exact) mass is 614 g/mol. The van der Waals surface area contributed by atoms with E-state index in [0.29, 0.717) is 31.6 Å². The van der Waals surface area contributed by atoms with Gasteiger partial charge >= 0.3 is 6.09 Å². The van der Waals surface area contributed by atoms with E-state index in [1.165, 1.54) is 31.0 Å². The van der Waals surface area contributed by atoms with Crippen LogP contribution in [0.3, 0.4) is 0 Å². The van der Waals surface area contributed by atoms with Crippen molar-refractivity contribution in [1.82, 2.24) is 20.4 Å². The molecule has 4 atom stereocenters. The normalized spacial score (nSPS) is 18.5. The molecule has 0 saturated carbocycles. The predicted molar refractivity (Wildman–Crippen MR) is 158 cm³/mol. The number of carbonyl (C=O) groups is 4. The van der Waals surface area contributed by atoms with Gasteiger partial charge in [0.1, 0.15) is 30.2 Å². The Bertz CT molecular complexity index is 1370. The summed E-state index contributed by atoms with van der Waals surface area (Å²) in [5, 5.41) is 29.0. The van der Waals surface area contributed by atoms with Crippen molar-refractivity contribution in [2.45, 2.75) is 50.7 Å². The number of fused-ring (bicyclic) bond motifs is 1. The van der Waals surface area contributed by atoms with Crippen molar-refractivity contribution in [3.8, 4) is 0 Å². The summed E-state index contributed by atoms with van der Waals surface area (Å²) in [7, 11) is 1.27. The zero-order valence-corrected chi connectivity index (χ0v) is 24.7. The van der Waals surface area contributed by atoms with Gasteiger partial charge in [0.2, 0.25) is 11.8 Å². The molecule has 2 heterocycles. The molecule has 0 bridgehead atoms. The number of nitrogens with zero attached hydrogens (tertiary/aromatic N) is 2. The van der Waals surface area contributed by atoms with Gasteiger partial charge in [-0.2, -0.15) is 0 Å². The summed E-state index contributed by atoms with van der Waals surface area (Å²) in [6.45, 7) is 2.77. The number of rotatable bonds is 11. The standard InChI is InChI=1S/C30H39FN6O7/c1-17(36(2)30(42)43)26(38)35-24(18-9-13-44-14-10-18)29(41)37-16-20-5-3-4-6-21(20)25(37)28(40)34-23-15-19(7-8-22(23)31)27(39)33-12-11-32/h3-8,15,17-18,24-25,28,34,40H,9-14,16,32H2,1-2H3,(H,33,39)(H,35,38)(H,42,43)/t17-,24-,25-,28?/m0/s1. The fourth-order valence-electron chi connectivity index (χ4n) is 5.50. The van der Waals surface area contributed by atoms with E-state index in [-0.39, 0.29) is 36.8 Å². The number of benzene rings is 2. The lowest BCUT2D eigenvalue weighted by atomic mass is 9.90. The molecule has 2 aliphatic heterocycles. The summed E-state index contributed by atoms with van der Waals surface area (Å²) in [4.78, 5) is 53.7. The van der Waals surface area contributed by atoms with Gasteiger partial charge in [0.05, 0.1) is 5.69 Å². The molecule has 0 aliphatic carbocycles. The smallest absolute Gasteiger partial charge is 0.407 e. The molecule has 4 amide bonds. The van der Waals surface area contributed by atoms with Gasteiger partial charge in [0.15, 0.2) is 0 Å². The van der Waals surface area contributed by atoms with Gasteiger partial charge in [0.25, 0.3) is 5.91 Å². The van der Waals surface area contributed by atoms with E-state index < -0.39 is 54.0 Å². The van der Waals surface area contributed by atoms with Crippen LogP contribution < -0.4 is 21.7 Å². The molecule has 44 heavy (non-hydrogen) atoms. The molecule has 238 valence electrons. The highest BCUT2D eigenvalue weighted by Gasteiger charge is 2.44. The Morgan fingerprint density at radius 3 is 2.55 bits per heavy atom. The van der Waals surface area contributed by atoms with Crippen LogP contribution in [0.5, 0.6) is 0 Å².